The van der Waals surface area contributed by atoms with E-state index in [1.807, 2.05) is 9.99 Å². The minimum absolute atomic E-state index is 0. The van der Waals surface area contributed by atoms with Crippen LogP contribution in [0.5, 0.6) is 0 Å². The third-order valence-corrected chi connectivity index (χ3v) is 4.98. The van der Waals surface area contributed by atoms with Crippen molar-refractivity contribution in [2.75, 3.05) is 0 Å². The van der Waals surface area contributed by atoms with Gasteiger partial charge in [0.1, 0.15) is 11.4 Å². The highest BCUT2D eigenvalue weighted by atomic mass is 19.1. The zero-order valence-electron chi connectivity index (χ0n) is 12.4. The Hall–Kier alpha value is -2.25. The van der Waals surface area contributed by atoms with Crippen LogP contribution in [0.4, 0.5) is 4.39 Å². The first-order valence-electron chi connectivity index (χ1n) is 7.51. The number of pyridine rings is 1. The Bertz CT molecular complexity index is 862. The van der Waals surface area contributed by atoms with Crippen LogP contribution in [0.3, 0.4) is 0 Å². The number of nitrogens with zero attached hydrogens (tertiary/aromatic N) is 1. The number of halogens is 1. The maximum atomic E-state index is 14.0. The van der Waals surface area contributed by atoms with Gasteiger partial charge in [-0.25, -0.2) is 10.2 Å². The summed E-state index contributed by atoms with van der Waals surface area (Å²) in [6, 6.07) is 2.96. The van der Waals surface area contributed by atoms with Crippen molar-refractivity contribution in [1.29, 1.82) is 0 Å². The molecule has 0 saturated heterocycles. The summed E-state index contributed by atoms with van der Waals surface area (Å²) in [5.74, 6) is 4.32. The number of rotatable bonds is 1. The van der Waals surface area contributed by atoms with Crippen molar-refractivity contribution >= 4 is 16.8 Å². The molecular formula is C16H18FN3O3. The molecule has 6 nitrogen and oxygen atoms in total. The zero-order chi connectivity index (χ0) is 15.4. The van der Waals surface area contributed by atoms with E-state index in [0.29, 0.717) is 0 Å². The molecule has 2 aromatic rings. The summed E-state index contributed by atoms with van der Waals surface area (Å²) in [6.45, 7) is 0. The maximum absolute atomic E-state index is 14.0. The number of hydrogen-bond donors (Lipinski definition) is 2. The summed E-state index contributed by atoms with van der Waals surface area (Å²) in [5, 5.41) is 0.269. The lowest BCUT2D eigenvalue weighted by atomic mass is 9.82. The molecule has 0 spiro atoms. The number of nitrogen functional groups attached to an aromatic ring is 1. The van der Waals surface area contributed by atoms with Gasteiger partial charge < -0.3 is 10.0 Å². The summed E-state index contributed by atoms with van der Waals surface area (Å²) in [5.41, 5.74) is 3.18. The lowest BCUT2D eigenvalue weighted by molar-refractivity contribution is 0.0952. The number of aromatic nitrogens is 1. The molecule has 5 N–H and O–H groups in total. The van der Waals surface area contributed by atoms with Crippen LogP contribution in [-0.4, -0.2) is 16.0 Å². The van der Waals surface area contributed by atoms with E-state index in [1.54, 1.807) is 6.20 Å². The molecule has 1 aromatic heterocycles. The van der Waals surface area contributed by atoms with E-state index in [1.165, 1.54) is 12.1 Å². The fourth-order valence-electron chi connectivity index (χ4n) is 4.08. The van der Waals surface area contributed by atoms with Gasteiger partial charge in [-0.05, 0) is 30.5 Å². The fraction of sp³-hybridized carbons (Fsp3) is 0.375. The molecule has 7 heteroatoms. The Kier molecular flexibility index (Phi) is 3.69. The second-order valence-corrected chi connectivity index (χ2v) is 6.10. The van der Waals surface area contributed by atoms with Crippen LogP contribution < -0.4 is 16.7 Å². The predicted octanol–water partition coefficient (Wildman–Crippen LogP) is 1.13. The first-order valence-corrected chi connectivity index (χ1v) is 7.51. The lowest BCUT2D eigenvalue weighted by Crippen LogP contribution is -2.34. The summed E-state index contributed by atoms with van der Waals surface area (Å²) < 4.78 is 16.0. The normalized spacial score (nSPS) is 21.7. The molecule has 2 aliphatic rings. The second-order valence-electron chi connectivity index (χ2n) is 6.10. The van der Waals surface area contributed by atoms with Gasteiger partial charge in [0.15, 0.2) is 0 Å². The van der Waals surface area contributed by atoms with Gasteiger partial charge in [-0.3, -0.25) is 15.0 Å². The number of hydrogen-bond acceptors (Lipinski definition) is 3. The minimum atomic E-state index is -0.638. The Morgan fingerprint density at radius 3 is 2.78 bits per heavy atom. The highest BCUT2D eigenvalue weighted by Gasteiger charge is 2.37. The van der Waals surface area contributed by atoms with Crippen LogP contribution in [0.1, 0.15) is 53.6 Å². The van der Waals surface area contributed by atoms with E-state index in [-0.39, 0.29) is 28.4 Å². The van der Waals surface area contributed by atoms with Crippen LogP contribution in [0, 0.1) is 5.82 Å². The standard InChI is InChI=1S/C16H16FN3O2.H2O/c17-8-5-10-9-3-1-2-4-13(9)20-7-12(16(22)19-18)15(21)11(6-8)14(10)20;/h5-7,9,13H,1-4,18H2,(H,19,22);1H2. The highest BCUT2D eigenvalue weighted by Crippen LogP contribution is 2.49. The number of nitrogens with two attached hydrogens (primary N) is 1. The van der Waals surface area contributed by atoms with Crippen molar-refractivity contribution in [2.24, 2.45) is 5.84 Å². The van der Waals surface area contributed by atoms with Gasteiger partial charge in [-0.2, -0.15) is 0 Å². The minimum Gasteiger partial charge on any atom is -0.412 e. The third kappa shape index (κ3) is 2.08. The molecule has 1 fully saturated rings. The molecule has 1 saturated carbocycles. The molecule has 1 aromatic carbocycles. The van der Waals surface area contributed by atoms with Gasteiger partial charge in [0.25, 0.3) is 5.91 Å². The fourth-order valence-corrected chi connectivity index (χ4v) is 4.08. The van der Waals surface area contributed by atoms with E-state index in [0.717, 1.165) is 36.8 Å². The van der Waals surface area contributed by atoms with E-state index in [2.05, 4.69) is 0 Å². The average molecular weight is 319 g/mol. The number of fused-ring (bicyclic) bond motifs is 3. The molecule has 1 aliphatic heterocycles. The van der Waals surface area contributed by atoms with Crippen molar-refractivity contribution < 1.29 is 14.7 Å². The lowest BCUT2D eigenvalue weighted by Gasteiger charge is -2.27. The first-order chi connectivity index (χ1) is 10.6. The molecule has 1 aliphatic carbocycles. The van der Waals surface area contributed by atoms with Crippen molar-refractivity contribution in [3.63, 3.8) is 0 Å². The predicted molar refractivity (Wildman–Crippen MR) is 83.7 cm³/mol. The average Bonchev–Trinajstić information content (AvgIpc) is 2.84. The van der Waals surface area contributed by atoms with Crippen molar-refractivity contribution in [3.05, 3.63) is 45.5 Å². The largest absolute Gasteiger partial charge is 0.412 e. The number of carbonyl (C=O) groups is 1. The number of hydrazine groups is 1. The molecule has 2 unspecified atom stereocenters. The first kappa shape index (κ1) is 15.6. The molecule has 2 atom stereocenters. The molecule has 2 heterocycles. The summed E-state index contributed by atoms with van der Waals surface area (Å²) in [4.78, 5) is 24.4. The topological polar surface area (TPSA) is 109 Å². The quantitative estimate of drug-likeness (QED) is 0.467. The van der Waals surface area contributed by atoms with Gasteiger partial charge in [-0.1, -0.05) is 12.8 Å². The highest BCUT2D eigenvalue weighted by molar-refractivity contribution is 5.98. The van der Waals surface area contributed by atoms with Crippen molar-refractivity contribution in [1.82, 2.24) is 9.99 Å². The number of nitrogens with one attached hydrogen (secondary N) is 1. The summed E-state index contributed by atoms with van der Waals surface area (Å²) in [7, 11) is 0. The van der Waals surface area contributed by atoms with Crippen LogP contribution in [0.25, 0.3) is 10.9 Å². The van der Waals surface area contributed by atoms with E-state index in [4.69, 9.17) is 5.84 Å². The van der Waals surface area contributed by atoms with Crippen LogP contribution in [-0.2, 0) is 0 Å². The monoisotopic (exact) mass is 319 g/mol. The zero-order valence-corrected chi connectivity index (χ0v) is 12.4. The number of amides is 1. The van der Waals surface area contributed by atoms with Gasteiger partial charge >= 0.3 is 0 Å². The van der Waals surface area contributed by atoms with E-state index >= 15 is 0 Å². The van der Waals surface area contributed by atoms with Crippen molar-refractivity contribution in [3.8, 4) is 0 Å². The number of carbonyl (C=O) groups excluding carboxylic acids is 1. The molecule has 122 valence electrons. The van der Waals surface area contributed by atoms with Gasteiger partial charge in [0.05, 0.1) is 5.52 Å². The maximum Gasteiger partial charge on any atom is 0.270 e. The molecule has 23 heavy (non-hydrogen) atoms. The summed E-state index contributed by atoms with van der Waals surface area (Å²) >= 11 is 0. The van der Waals surface area contributed by atoms with Crippen LogP contribution in [0.15, 0.2) is 23.1 Å². The van der Waals surface area contributed by atoms with Gasteiger partial charge in [-0.15, -0.1) is 0 Å². The Balaban J connectivity index is 0.00000156. The molecule has 4 rings (SSSR count). The molecule has 1 amide bonds. The van der Waals surface area contributed by atoms with Crippen LogP contribution in [0.2, 0.25) is 0 Å². The smallest absolute Gasteiger partial charge is 0.270 e. The van der Waals surface area contributed by atoms with Gasteiger partial charge in [0.2, 0.25) is 5.43 Å². The molecule has 0 bridgehead atoms. The second kappa shape index (κ2) is 5.43. The number of benzene rings is 1. The third-order valence-electron chi connectivity index (χ3n) is 4.98. The van der Waals surface area contributed by atoms with Gasteiger partial charge in [0, 0.05) is 23.5 Å². The molecular weight excluding hydrogens is 301 g/mol. The SMILES string of the molecule is NNC(=O)c1cn2c3c(cc(F)cc3c1=O)C1CCCCC12.O. The van der Waals surface area contributed by atoms with E-state index in [9.17, 15) is 14.0 Å². The Labute approximate surface area is 131 Å². The van der Waals surface area contributed by atoms with Crippen LogP contribution >= 0.6 is 0 Å². The summed E-state index contributed by atoms with van der Waals surface area (Å²) in [6.07, 6.45) is 5.75. The van der Waals surface area contributed by atoms with Crippen molar-refractivity contribution in [2.45, 2.75) is 37.6 Å². The molecule has 0 radical (unpaired) electrons. The Morgan fingerprint density at radius 1 is 1.30 bits per heavy atom. The Morgan fingerprint density at radius 2 is 2.04 bits per heavy atom. The van der Waals surface area contributed by atoms with E-state index < -0.39 is 17.2 Å².